The number of carbonyl (C=O) groups excluding carboxylic acids is 1. The zero-order chi connectivity index (χ0) is 10.1. The number of likely N-dealkylation sites (tertiary alicyclic amines) is 1. The van der Waals surface area contributed by atoms with Gasteiger partial charge in [0.15, 0.2) is 0 Å². The molecule has 1 atom stereocenters. The summed E-state index contributed by atoms with van der Waals surface area (Å²) in [7, 11) is 0. The first kappa shape index (κ1) is 10.6. The molecule has 0 radical (unpaired) electrons. The number of carbonyl (C=O) groups is 1. The standard InChI is InChI=1S/C9H15F2NO/c1-7(5-8(2)13)12-4-3-9(10,11)6-12/h7H,3-6H2,1-2H3. The molecular weight excluding hydrogens is 176 g/mol. The summed E-state index contributed by atoms with van der Waals surface area (Å²) in [5, 5.41) is 0. The van der Waals surface area contributed by atoms with E-state index in [-0.39, 0.29) is 24.8 Å². The van der Waals surface area contributed by atoms with Crippen LogP contribution in [-0.2, 0) is 4.79 Å². The normalized spacial score (nSPS) is 24.6. The van der Waals surface area contributed by atoms with E-state index in [9.17, 15) is 13.6 Å². The van der Waals surface area contributed by atoms with Gasteiger partial charge in [-0.15, -0.1) is 0 Å². The molecule has 1 aliphatic rings. The highest BCUT2D eigenvalue weighted by atomic mass is 19.3. The topological polar surface area (TPSA) is 20.3 Å². The maximum atomic E-state index is 12.8. The lowest BCUT2D eigenvalue weighted by Crippen LogP contribution is -2.34. The molecule has 4 heteroatoms. The number of Topliss-reactive ketones (excluding diaryl/α,β-unsaturated/α-hetero) is 1. The molecule has 0 aliphatic carbocycles. The number of halogens is 2. The molecular formula is C9H15F2NO. The summed E-state index contributed by atoms with van der Waals surface area (Å²) in [6.07, 6.45) is 0.297. The maximum absolute atomic E-state index is 12.8. The van der Waals surface area contributed by atoms with E-state index in [0.717, 1.165) is 0 Å². The number of ketones is 1. The third-order valence-electron chi connectivity index (χ3n) is 2.41. The Morgan fingerprint density at radius 2 is 2.23 bits per heavy atom. The Morgan fingerprint density at radius 3 is 2.62 bits per heavy atom. The second-order valence-corrected chi connectivity index (χ2v) is 3.83. The van der Waals surface area contributed by atoms with Crippen LogP contribution in [0, 0.1) is 0 Å². The van der Waals surface area contributed by atoms with Gasteiger partial charge in [0.1, 0.15) is 5.78 Å². The largest absolute Gasteiger partial charge is 0.300 e. The minimum atomic E-state index is -2.55. The van der Waals surface area contributed by atoms with Gasteiger partial charge in [-0.25, -0.2) is 8.78 Å². The first-order valence-electron chi connectivity index (χ1n) is 4.52. The molecule has 76 valence electrons. The Labute approximate surface area is 76.9 Å². The fourth-order valence-electron chi connectivity index (χ4n) is 1.68. The minimum absolute atomic E-state index is 0.0501. The van der Waals surface area contributed by atoms with Crippen LogP contribution in [0.1, 0.15) is 26.7 Å². The third-order valence-corrected chi connectivity index (χ3v) is 2.41. The van der Waals surface area contributed by atoms with Gasteiger partial charge in [-0.2, -0.15) is 0 Å². The second-order valence-electron chi connectivity index (χ2n) is 3.83. The van der Waals surface area contributed by atoms with Crippen LogP contribution < -0.4 is 0 Å². The minimum Gasteiger partial charge on any atom is -0.300 e. The van der Waals surface area contributed by atoms with Crippen molar-refractivity contribution < 1.29 is 13.6 Å². The number of nitrogens with zero attached hydrogens (tertiary/aromatic N) is 1. The van der Waals surface area contributed by atoms with Gasteiger partial charge in [-0.05, 0) is 13.8 Å². The second kappa shape index (κ2) is 3.70. The Hall–Kier alpha value is -0.510. The highest BCUT2D eigenvalue weighted by Gasteiger charge is 2.39. The molecule has 1 heterocycles. The highest BCUT2D eigenvalue weighted by Crippen LogP contribution is 2.28. The molecule has 0 aromatic heterocycles. The fourth-order valence-corrected chi connectivity index (χ4v) is 1.68. The lowest BCUT2D eigenvalue weighted by atomic mass is 10.1. The molecule has 1 unspecified atom stereocenters. The lowest BCUT2D eigenvalue weighted by Gasteiger charge is -2.22. The molecule has 2 nitrogen and oxygen atoms in total. The zero-order valence-corrected chi connectivity index (χ0v) is 8.02. The van der Waals surface area contributed by atoms with Gasteiger partial charge < -0.3 is 0 Å². The van der Waals surface area contributed by atoms with Crippen molar-refractivity contribution in [3.63, 3.8) is 0 Å². The molecule has 0 aromatic rings. The molecule has 0 saturated carbocycles. The van der Waals surface area contributed by atoms with Gasteiger partial charge in [0.25, 0.3) is 5.92 Å². The average Bonchev–Trinajstić information content (AvgIpc) is 2.28. The lowest BCUT2D eigenvalue weighted by molar-refractivity contribution is -0.118. The van der Waals surface area contributed by atoms with Crippen LogP contribution in [0.25, 0.3) is 0 Å². The third kappa shape index (κ3) is 3.03. The predicted octanol–water partition coefficient (Wildman–Crippen LogP) is 1.70. The SMILES string of the molecule is CC(=O)CC(C)N1CCC(F)(F)C1. The quantitative estimate of drug-likeness (QED) is 0.676. The number of alkyl halides is 2. The van der Waals surface area contributed by atoms with Crippen LogP contribution in [-0.4, -0.2) is 35.7 Å². The Bertz CT molecular complexity index is 206. The smallest absolute Gasteiger partial charge is 0.261 e. The van der Waals surface area contributed by atoms with Crippen LogP contribution in [0.4, 0.5) is 8.78 Å². The van der Waals surface area contributed by atoms with Gasteiger partial charge in [0, 0.05) is 25.4 Å². The summed E-state index contributed by atoms with van der Waals surface area (Å²) in [5.41, 5.74) is 0. The van der Waals surface area contributed by atoms with Crippen LogP contribution in [0.15, 0.2) is 0 Å². The van der Waals surface area contributed by atoms with Crippen molar-refractivity contribution in [1.29, 1.82) is 0 Å². The van der Waals surface area contributed by atoms with Crippen molar-refractivity contribution in [1.82, 2.24) is 4.90 Å². The number of hydrogen-bond donors (Lipinski definition) is 0. The van der Waals surface area contributed by atoms with E-state index in [1.54, 1.807) is 4.90 Å². The van der Waals surface area contributed by atoms with E-state index in [1.807, 2.05) is 6.92 Å². The number of rotatable bonds is 3. The molecule has 0 bridgehead atoms. The van der Waals surface area contributed by atoms with Crippen molar-refractivity contribution in [3.05, 3.63) is 0 Å². The van der Waals surface area contributed by atoms with Gasteiger partial charge in [-0.1, -0.05) is 0 Å². The Balaban J connectivity index is 2.42. The molecule has 0 amide bonds. The first-order valence-corrected chi connectivity index (χ1v) is 4.52. The van der Waals surface area contributed by atoms with Crippen molar-refractivity contribution in [3.8, 4) is 0 Å². The van der Waals surface area contributed by atoms with Crippen LogP contribution in [0.2, 0.25) is 0 Å². The van der Waals surface area contributed by atoms with E-state index < -0.39 is 5.92 Å². The molecule has 1 saturated heterocycles. The molecule has 0 N–H and O–H groups in total. The number of hydrogen-bond acceptors (Lipinski definition) is 2. The van der Waals surface area contributed by atoms with Crippen molar-refractivity contribution in [2.75, 3.05) is 13.1 Å². The van der Waals surface area contributed by atoms with Crippen molar-refractivity contribution in [2.24, 2.45) is 0 Å². The predicted molar refractivity (Wildman–Crippen MR) is 45.9 cm³/mol. The molecule has 13 heavy (non-hydrogen) atoms. The highest BCUT2D eigenvalue weighted by molar-refractivity contribution is 5.76. The first-order chi connectivity index (χ1) is 5.91. The van der Waals surface area contributed by atoms with Gasteiger partial charge in [0.05, 0.1) is 6.54 Å². The maximum Gasteiger partial charge on any atom is 0.261 e. The summed E-state index contributed by atoms with van der Waals surface area (Å²) >= 11 is 0. The Kier molecular flexibility index (Phi) is 3.01. The summed E-state index contributed by atoms with van der Waals surface area (Å²) in [5.74, 6) is -2.49. The molecule has 1 fully saturated rings. The van der Waals surface area contributed by atoms with Gasteiger partial charge in [-0.3, -0.25) is 9.69 Å². The zero-order valence-electron chi connectivity index (χ0n) is 8.02. The van der Waals surface area contributed by atoms with E-state index in [4.69, 9.17) is 0 Å². The summed E-state index contributed by atoms with van der Waals surface area (Å²) in [6.45, 7) is 3.52. The van der Waals surface area contributed by atoms with E-state index in [2.05, 4.69) is 0 Å². The molecule has 0 spiro atoms. The van der Waals surface area contributed by atoms with Crippen LogP contribution >= 0.6 is 0 Å². The summed E-state index contributed by atoms with van der Waals surface area (Å²) in [4.78, 5) is 12.4. The Morgan fingerprint density at radius 1 is 1.62 bits per heavy atom. The fraction of sp³-hybridized carbons (Fsp3) is 0.889. The van der Waals surface area contributed by atoms with Gasteiger partial charge in [0.2, 0.25) is 0 Å². The van der Waals surface area contributed by atoms with Crippen LogP contribution in [0.5, 0.6) is 0 Å². The van der Waals surface area contributed by atoms with Crippen molar-refractivity contribution in [2.45, 2.75) is 38.7 Å². The summed E-state index contributed by atoms with van der Waals surface area (Å²) < 4.78 is 25.5. The molecule has 1 aliphatic heterocycles. The molecule has 1 rings (SSSR count). The van der Waals surface area contributed by atoms with E-state index in [0.29, 0.717) is 13.0 Å². The monoisotopic (exact) mass is 191 g/mol. The van der Waals surface area contributed by atoms with Crippen molar-refractivity contribution >= 4 is 5.78 Å². The van der Waals surface area contributed by atoms with E-state index >= 15 is 0 Å². The van der Waals surface area contributed by atoms with Crippen LogP contribution in [0.3, 0.4) is 0 Å². The summed E-state index contributed by atoms with van der Waals surface area (Å²) in [6, 6.07) is -0.0501. The average molecular weight is 191 g/mol. The van der Waals surface area contributed by atoms with E-state index in [1.165, 1.54) is 6.92 Å². The van der Waals surface area contributed by atoms with Gasteiger partial charge >= 0.3 is 0 Å². The molecule has 0 aromatic carbocycles.